The predicted octanol–water partition coefficient (Wildman–Crippen LogP) is 2.45. The van der Waals surface area contributed by atoms with Crippen LogP contribution in [0.4, 0.5) is 10.2 Å². The van der Waals surface area contributed by atoms with Gasteiger partial charge in [-0.05, 0) is 37.1 Å². The number of rotatable bonds is 7. The molecular formula is C16H20FN3O4S. The second-order valence-corrected chi connectivity index (χ2v) is 7.46. The molecule has 0 spiro atoms. The van der Waals surface area contributed by atoms with Crippen molar-refractivity contribution in [3.8, 4) is 0 Å². The lowest BCUT2D eigenvalue weighted by molar-refractivity contribution is -0.118. The first-order valence-corrected chi connectivity index (χ1v) is 9.23. The van der Waals surface area contributed by atoms with Gasteiger partial charge in [-0.15, -0.1) is 0 Å². The molecule has 9 heteroatoms. The molecule has 0 aliphatic rings. The van der Waals surface area contributed by atoms with Crippen molar-refractivity contribution >= 4 is 21.7 Å². The largest absolute Gasteiger partial charge is 0.360 e. The van der Waals surface area contributed by atoms with Crippen molar-refractivity contribution in [1.82, 2.24) is 9.88 Å². The topological polar surface area (TPSA) is 101 Å². The lowest BCUT2D eigenvalue weighted by Gasteiger charge is -2.22. The Kier molecular flexibility index (Phi) is 5.91. The molecule has 2 aromatic rings. The Morgan fingerprint density at radius 1 is 1.32 bits per heavy atom. The van der Waals surface area contributed by atoms with E-state index in [0.29, 0.717) is 12.2 Å². The maximum Gasteiger partial charge on any atom is 0.244 e. The number of amides is 1. The zero-order chi connectivity index (χ0) is 18.6. The summed E-state index contributed by atoms with van der Waals surface area (Å²) in [5.41, 5.74) is 0. The summed E-state index contributed by atoms with van der Waals surface area (Å²) >= 11 is 0. The van der Waals surface area contributed by atoms with Gasteiger partial charge in [-0.2, -0.15) is 4.72 Å². The average molecular weight is 369 g/mol. The van der Waals surface area contributed by atoms with Crippen LogP contribution in [0.3, 0.4) is 0 Å². The monoisotopic (exact) mass is 369 g/mol. The van der Waals surface area contributed by atoms with Gasteiger partial charge >= 0.3 is 0 Å². The molecule has 2 rings (SSSR count). The first kappa shape index (κ1) is 19.1. The van der Waals surface area contributed by atoms with Crippen molar-refractivity contribution in [2.24, 2.45) is 5.92 Å². The van der Waals surface area contributed by atoms with Gasteiger partial charge in [0, 0.05) is 6.07 Å². The summed E-state index contributed by atoms with van der Waals surface area (Å²) in [5.74, 6) is -0.646. The molecule has 0 radical (unpaired) electrons. The smallest absolute Gasteiger partial charge is 0.244 e. The van der Waals surface area contributed by atoms with Crippen molar-refractivity contribution in [3.63, 3.8) is 0 Å². The van der Waals surface area contributed by atoms with Gasteiger partial charge in [0.25, 0.3) is 0 Å². The highest BCUT2D eigenvalue weighted by Crippen LogP contribution is 2.16. The summed E-state index contributed by atoms with van der Waals surface area (Å²) in [6, 6.07) is 4.89. The second-order valence-electron chi connectivity index (χ2n) is 5.75. The van der Waals surface area contributed by atoms with E-state index < -0.39 is 27.8 Å². The zero-order valence-corrected chi connectivity index (χ0v) is 14.9. The standard InChI is InChI=1S/C16H20FN3O4S/c1-4-10(2)15(16(21)18-14-9-11(3)24-19-14)20-25(22,23)13-7-5-12(17)6-8-13/h5-10,15,20H,4H2,1-3H3,(H,18,19,21)/t10?,15-/m0/s1. The molecule has 0 saturated carbocycles. The van der Waals surface area contributed by atoms with E-state index in [2.05, 4.69) is 15.2 Å². The minimum atomic E-state index is -3.98. The van der Waals surface area contributed by atoms with Crippen molar-refractivity contribution in [2.75, 3.05) is 5.32 Å². The molecule has 1 unspecified atom stereocenters. The van der Waals surface area contributed by atoms with Gasteiger partial charge < -0.3 is 9.84 Å². The average Bonchev–Trinajstić information content (AvgIpc) is 2.97. The quantitative estimate of drug-likeness (QED) is 0.781. The fourth-order valence-corrected chi connectivity index (χ4v) is 3.45. The Labute approximate surface area is 145 Å². The normalized spacial score (nSPS) is 14.1. The lowest BCUT2D eigenvalue weighted by atomic mass is 9.99. The van der Waals surface area contributed by atoms with Gasteiger partial charge in [-0.1, -0.05) is 25.4 Å². The Morgan fingerprint density at radius 3 is 2.48 bits per heavy atom. The van der Waals surface area contributed by atoms with E-state index in [0.717, 1.165) is 24.3 Å². The highest BCUT2D eigenvalue weighted by molar-refractivity contribution is 7.89. The van der Waals surface area contributed by atoms with Crippen LogP contribution in [0.1, 0.15) is 26.0 Å². The third kappa shape index (κ3) is 4.86. The van der Waals surface area contributed by atoms with Crippen LogP contribution in [0.15, 0.2) is 39.8 Å². The van der Waals surface area contributed by atoms with Crippen molar-refractivity contribution < 1.29 is 22.1 Å². The second kappa shape index (κ2) is 7.75. The van der Waals surface area contributed by atoms with Crippen molar-refractivity contribution in [1.29, 1.82) is 0 Å². The van der Waals surface area contributed by atoms with Gasteiger partial charge in [0.1, 0.15) is 17.6 Å². The van der Waals surface area contributed by atoms with Crippen molar-refractivity contribution in [3.05, 3.63) is 41.9 Å². The number of hydrogen-bond donors (Lipinski definition) is 2. The molecule has 0 aliphatic heterocycles. The number of nitrogens with zero attached hydrogens (tertiary/aromatic N) is 1. The number of nitrogens with one attached hydrogen (secondary N) is 2. The Morgan fingerprint density at radius 2 is 1.96 bits per heavy atom. The van der Waals surface area contributed by atoms with Gasteiger partial charge in [0.05, 0.1) is 4.90 Å². The molecule has 1 amide bonds. The van der Waals surface area contributed by atoms with E-state index in [1.807, 2.05) is 6.92 Å². The summed E-state index contributed by atoms with van der Waals surface area (Å²) in [7, 11) is -3.98. The summed E-state index contributed by atoms with van der Waals surface area (Å²) in [5, 5.41) is 6.19. The first-order chi connectivity index (χ1) is 11.7. The number of carbonyl (C=O) groups excluding carboxylic acids is 1. The number of anilines is 1. The number of aromatic nitrogens is 1. The van der Waals surface area contributed by atoms with E-state index in [1.165, 1.54) is 6.07 Å². The highest BCUT2D eigenvalue weighted by Gasteiger charge is 2.30. The van der Waals surface area contributed by atoms with Crippen LogP contribution in [0.25, 0.3) is 0 Å². The third-order valence-electron chi connectivity index (χ3n) is 3.78. The molecule has 1 aromatic carbocycles. The summed E-state index contributed by atoms with van der Waals surface area (Å²) in [6.45, 7) is 5.27. The van der Waals surface area contributed by atoms with Crippen molar-refractivity contribution in [2.45, 2.75) is 38.1 Å². The van der Waals surface area contributed by atoms with Crippen LogP contribution in [0.2, 0.25) is 0 Å². The molecule has 7 nitrogen and oxygen atoms in total. The number of benzene rings is 1. The molecule has 2 atom stereocenters. The SMILES string of the molecule is CCC(C)[C@H](NS(=O)(=O)c1ccc(F)cc1)C(=O)Nc1cc(C)on1. The van der Waals surface area contributed by atoms with Gasteiger partial charge in [-0.25, -0.2) is 12.8 Å². The van der Waals surface area contributed by atoms with E-state index in [9.17, 15) is 17.6 Å². The fourth-order valence-electron chi connectivity index (χ4n) is 2.14. The number of halogens is 1. The van der Waals surface area contributed by atoms with Crippen LogP contribution in [-0.2, 0) is 14.8 Å². The minimum absolute atomic E-state index is 0.118. The molecule has 25 heavy (non-hydrogen) atoms. The van der Waals surface area contributed by atoms with Crippen LogP contribution < -0.4 is 10.0 Å². The minimum Gasteiger partial charge on any atom is -0.360 e. The number of aryl methyl sites for hydroxylation is 1. The summed E-state index contributed by atoms with van der Waals surface area (Å²) in [6.07, 6.45) is 0.571. The maximum atomic E-state index is 13.0. The van der Waals surface area contributed by atoms with E-state index in [4.69, 9.17) is 4.52 Å². The summed E-state index contributed by atoms with van der Waals surface area (Å²) < 4.78 is 45.2. The maximum absolute atomic E-state index is 13.0. The molecule has 136 valence electrons. The Hall–Kier alpha value is -2.26. The van der Waals surface area contributed by atoms with Crippen LogP contribution >= 0.6 is 0 Å². The van der Waals surface area contributed by atoms with E-state index >= 15 is 0 Å². The molecule has 1 heterocycles. The summed E-state index contributed by atoms with van der Waals surface area (Å²) in [4.78, 5) is 12.4. The van der Waals surface area contributed by atoms with Crippen LogP contribution in [0.5, 0.6) is 0 Å². The fraction of sp³-hybridized carbons (Fsp3) is 0.375. The molecule has 0 aliphatic carbocycles. The van der Waals surface area contributed by atoms with E-state index in [1.54, 1.807) is 13.8 Å². The van der Waals surface area contributed by atoms with Gasteiger partial charge in [0.2, 0.25) is 15.9 Å². The zero-order valence-electron chi connectivity index (χ0n) is 14.1. The van der Waals surface area contributed by atoms with Gasteiger partial charge in [0.15, 0.2) is 5.82 Å². The third-order valence-corrected chi connectivity index (χ3v) is 5.24. The van der Waals surface area contributed by atoms with Crippen LogP contribution in [0, 0.1) is 18.7 Å². The molecule has 1 aromatic heterocycles. The number of sulfonamides is 1. The highest BCUT2D eigenvalue weighted by atomic mass is 32.2. The Balaban J connectivity index is 2.22. The lowest BCUT2D eigenvalue weighted by Crippen LogP contribution is -2.47. The molecule has 2 N–H and O–H groups in total. The number of hydrogen-bond acceptors (Lipinski definition) is 5. The molecule has 0 bridgehead atoms. The predicted molar refractivity (Wildman–Crippen MR) is 89.8 cm³/mol. The molecular weight excluding hydrogens is 349 g/mol. The molecule has 0 saturated heterocycles. The first-order valence-electron chi connectivity index (χ1n) is 7.75. The van der Waals surface area contributed by atoms with Crippen LogP contribution in [-0.4, -0.2) is 25.5 Å². The Bertz CT molecular complexity index is 833. The molecule has 0 fully saturated rings. The number of carbonyl (C=O) groups is 1. The van der Waals surface area contributed by atoms with Gasteiger partial charge in [-0.3, -0.25) is 4.79 Å². The van der Waals surface area contributed by atoms with E-state index in [-0.39, 0.29) is 16.6 Å².